The van der Waals surface area contributed by atoms with Gasteiger partial charge >= 0.3 is 0 Å². The number of benzene rings is 1. The van der Waals surface area contributed by atoms with Crippen molar-refractivity contribution in [1.29, 1.82) is 0 Å². The summed E-state index contributed by atoms with van der Waals surface area (Å²) in [5.74, 6) is 0.547. The van der Waals surface area contributed by atoms with Crippen LogP contribution in [-0.4, -0.2) is 73.4 Å². The van der Waals surface area contributed by atoms with Crippen LogP contribution in [0.2, 0.25) is 0 Å². The molecule has 9 heteroatoms. The summed E-state index contributed by atoms with van der Waals surface area (Å²) < 4.78 is 1.88. The predicted molar refractivity (Wildman–Crippen MR) is 124 cm³/mol. The quantitative estimate of drug-likeness (QED) is 0.517. The van der Waals surface area contributed by atoms with E-state index in [1.807, 2.05) is 53.9 Å². The number of piperazine rings is 1. The number of anilines is 2. The minimum atomic E-state index is 0.0506. The first-order valence-electron chi connectivity index (χ1n) is 10.7. The van der Waals surface area contributed by atoms with Crippen molar-refractivity contribution in [3.05, 3.63) is 54.2 Å². The number of imidazole rings is 1. The molecule has 1 aromatic carbocycles. The fraction of sp³-hybridized carbons (Fsp3) is 0.304. The average molecular weight is 431 g/mol. The third kappa shape index (κ3) is 3.94. The molecular formula is C23H26N8O. The first kappa shape index (κ1) is 20.2. The average Bonchev–Trinajstić information content (AvgIpc) is 3.41. The van der Waals surface area contributed by atoms with Crippen molar-refractivity contribution in [3.63, 3.8) is 0 Å². The Morgan fingerprint density at radius 2 is 1.88 bits per heavy atom. The Balaban J connectivity index is 1.39. The molecule has 4 aromatic rings. The van der Waals surface area contributed by atoms with E-state index in [0.29, 0.717) is 11.6 Å². The second-order valence-corrected chi connectivity index (χ2v) is 8.35. The lowest BCUT2D eigenvalue weighted by Gasteiger charge is -2.32. The van der Waals surface area contributed by atoms with Gasteiger partial charge in [0.05, 0.1) is 12.0 Å². The van der Waals surface area contributed by atoms with Crippen LogP contribution < -0.4 is 5.32 Å². The van der Waals surface area contributed by atoms with Gasteiger partial charge in [-0.3, -0.25) is 4.79 Å². The fourth-order valence-corrected chi connectivity index (χ4v) is 4.03. The van der Waals surface area contributed by atoms with E-state index in [1.165, 1.54) is 0 Å². The van der Waals surface area contributed by atoms with E-state index in [1.54, 1.807) is 12.5 Å². The number of carbonyl (C=O) groups excluding carboxylic acids is 1. The molecule has 0 atom stereocenters. The molecule has 32 heavy (non-hydrogen) atoms. The first-order chi connectivity index (χ1) is 15.5. The molecule has 9 nitrogen and oxygen atoms in total. The molecule has 0 spiro atoms. The molecule has 1 aliphatic heterocycles. The second kappa shape index (κ2) is 8.08. The number of amides is 1. The summed E-state index contributed by atoms with van der Waals surface area (Å²) >= 11 is 0. The predicted octanol–water partition coefficient (Wildman–Crippen LogP) is 2.80. The third-order valence-corrected chi connectivity index (χ3v) is 5.83. The van der Waals surface area contributed by atoms with Gasteiger partial charge in [0.1, 0.15) is 11.4 Å². The number of aromatic amines is 1. The molecule has 5 rings (SSSR count). The Hall–Kier alpha value is -3.72. The number of hydrogen-bond acceptors (Lipinski definition) is 6. The smallest absolute Gasteiger partial charge is 0.270 e. The molecule has 0 aliphatic carbocycles. The van der Waals surface area contributed by atoms with Gasteiger partial charge in [0.15, 0.2) is 0 Å². The highest BCUT2D eigenvalue weighted by atomic mass is 16.2. The number of H-pyrrole nitrogens is 1. The monoisotopic (exact) mass is 430 g/mol. The zero-order chi connectivity index (χ0) is 22.2. The van der Waals surface area contributed by atoms with Crippen molar-refractivity contribution in [1.82, 2.24) is 34.3 Å². The van der Waals surface area contributed by atoms with Crippen molar-refractivity contribution < 1.29 is 4.79 Å². The molecule has 0 unspecified atom stereocenters. The van der Waals surface area contributed by atoms with E-state index in [4.69, 9.17) is 0 Å². The normalized spacial score (nSPS) is 14.8. The Bertz CT molecular complexity index is 1280. The van der Waals surface area contributed by atoms with Gasteiger partial charge in [-0.25, -0.2) is 15.0 Å². The highest BCUT2D eigenvalue weighted by Crippen LogP contribution is 2.27. The van der Waals surface area contributed by atoms with Crippen LogP contribution in [0.3, 0.4) is 0 Å². The van der Waals surface area contributed by atoms with E-state index < -0.39 is 0 Å². The molecule has 164 valence electrons. The maximum absolute atomic E-state index is 13.0. The lowest BCUT2D eigenvalue weighted by Crippen LogP contribution is -2.47. The number of hydrogen-bond donors (Lipinski definition) is 2. The summed E-state index contributed by atoms with van der Waals surface area (Å²) in [4.78, 5) is 33.7. The summed E-state index contributed by atoms with van der Waals surface area (Å²) in [5, 5.41) is 4.27. The number of nitrogens with zero attached hydrogens (tertiary/aromatic N) is 6. The topological polar surface area (TPSA) is 95.0 Å². The van der Waals surface area contributed by atoms with Gasteiger partial charge in [-0.1, -0.05) is 0 Å². The maximum Gasteiger partial charge on any atom is 0.270 e. The zero-order valence-corrected chi connectivity index (χ0v) is 18.5. The Labute approximate surface area is 186 Å². The van der Waals surface area contributed by atoms with Crippen molar-refractivity contribution in [3.8, 4) is 11.4 Å². The van der Waals surface area contributed by atoms with Crippen molar-refractivity contribution in [2.24, 2.45) is 7.05 Å². The molecule has 0 radical (unpaired) electrons. The molecule has 1 saturated heterocycles. The number of carbonyl (C=O) groups is 1. The summed E-state index contributed by atoms with van der Waals surface area (Å²) in [6, 6.07) is 7.81. The highest BCUT2D eigenvalue weighted by molar-refractivity contribution is 5.99. The number of aromatic nitrogens is 5. The molecule has 1 aliphatic rings. The van der Waals surface area contributed by atoms with Crippen LogP contribution in [-0.2, 0) is 7.05 Å². The molecule has 4 heterocycles. The number of aryl methyl sites for hydroxylation is 2. The van der Waals surface area contributed by atoms with E-state index in [-0.39, 0.29) is 5.91 Å². The van der Waals surface area contributed by atoms with Crippen LogP contribution in [0.25, 0.3) is 22.3 Å². The van der Waals surface area contributed by atoms with Crippen LogP contribution in [0.15, 0.2) is 43.0 Å². The minimum Gasteiger partial charge on any atom is -0.350 e. The van der Waals surface area contributed by atoms with E-state index in [2.05, 4.69) is 37.2 Å². The summed E-state index contributed by atoms with van der Waals surface area (Å²) in [6.45, 7) is 5.33. The van der Waals surface area contributed by atoms with Gasteiger partial charge < -0.3 is 24.7 Å². The Kier molecular flexibility index (Phi) is 5.10. The van der Waals surface area contributed by atoms with Gasteiger partial charge in [-0.05, 0) is 43.8 Å². The van der Waals surface area contributed by atoms with Gasteiger partial charge in [0, 0.05) is 62.2 Å². The summed E-state index contributed by atoms with van der Waals surface area (Å²) in [6.07, 6.45) is 5.38. The van der Waals surface area contributed by atoms with E-state index in [0.717, 1.165) is 59.7 Å². The van der Waals surface area contributed by atoms with Gasteiger partial charge in [-0.2, -0.15) is 0 Å². The largest absolute Gasteiger partial charge is 0.350 e. The third-order valence-electron chi connectivity index (χ3n) is 5.83. The standard InChI is InChI=1S/C23H26N8O/c1-15-10-17(26-23-24-5-4-18(28-23)20-13-30(3)14-25-20)11-16-12-19(27-21(15)16)22(32)31-8-6-29(2)7-9-31/h4-5,10-14,27H,6-9H2,1-3H3,(H,24,26,28). The van der Waals surface area contributed by atoms with E-state index >= 15 is 0 Å². The second-order valence-electron chi connectivity index (χ2n) is 8.35. The molecule has 0 saturated carbocycles. The van der Waals surface area contributed by atoms with Crippen molar-refractivity contribution >= 4 is 28.4 Å². The van der Waals surface area contributed by atoms with Gasteiger partial charge in [0.25, 0.3) is 5.91 Å². The maximum atomic E-state index is 13.0. The summed E-state index contributed by atoms with van der Waals surface area (Å²) in [5.41, 5.74) is 5.05. The lowest BCUT2D eigenvalue weighted by atomic mass is 10.1. The van der Waals surface area contributed by atoms with Crippen LogP contribution >= 0.6 is 0 Å². The lowest BCUT2D eigenvalue weighted by molar-refractivity contribution is 0.0659. The number of likely N-dealkylation sites (N-methyl/N-ethyl adjacent to an activating group) is 1. The Morgan fingerprint density at radius 3 is 2.62 bits per heavy atom. The molecule has 1 amide bonds. The van der Waals surface area contributed by atoms with Crippen LogP contribution in [0, 0.1) is 6.92 Å². The molecule has 2 N–H and O–H groups in total. The van der Waals surface area contributed by atoms with Crippen LogP contribution in [0.1, 0.15) is 16.1 Å². The van der Waals surface area contributed by atoms with Crippen molar-refractivity contribution in [2.45, 2.75) is 6.92 Å². The number of fused-ring (bicyclic) bond motifs is 1. The SMILES string of the molecule is Cc1cc(Nc2nccc(-c3cn(C)cn3)n2)cc2cc(C(=O)N3CCN(C)CC3)[nH]c12. The van der Waals surface area contributed by atoms with E-state index in [9.17, 15) is 4.79 Å². The summed E-state index contributed by atoms with van der Waals surface area (Å²) in [7, 11) is 4.01. The molecule has 0 bridgehead atoms. The fourth-order valence-electron chi connectivity index (χ4n) is 4.03. The molecule has 3 aromatic heterocycles. The van der Waals surface area contributed by atoms with Crippen molar-refractivity contribution in [2.75, 3.05) is 38.5 Å². The van der Waals surface area contributed by atoms with Crippen LogP contribution in [0.4, 0.5) is 11.6 Å². The van der Waals surface area contributed by atoms with Gasteiger partial charge in [-0.15, -0.1) is 0 Å². The molecular weight excluding hydrogens is 404 g/mol. The Morgan fingerprint density at radius 1 is 1.06 bits per heavy atom. The molecule has 1 fully saturated rings. The first-order valence-corrected chi connectivity index (χ1v) is 10.7. The zero-order valence-electron chi connectivity index (χ0n) is 18.5. The van der Waals surface area contributed by atoms with Gasteiger partial charge in [0.2, 0.25) is 5.95 Å². The highest BCUT2D eigenvalue weighted by Gasteiger charge is 2.22. The number of rotatable bonds is 4. The minimum absolute atomic E-state index is 0.0506. The number of nitrogens with one attached hydrogen (secondary N) is 2. The van der Waals surface area contributed by atoms with Crippen LogP contribution in [0.5, 0.6) is 0 Å².